The number of nitrogens with zero attached hydrogens (tertiary/aromatic N) is 2. The van der Waals surface area contributed by atoms with E-state index in [1.807, 2.05) is 50.6 Å². The van der Waals surface area contributed by atoms with Gasteiger partial charge in [-0.1, -0.05) is 12.1 Å². The second-order valence-electron chi connectivity index (χ2n) is 7.93. The number of carbonyl (C=O) groups is 2. The van der Waals surface area contributed by atoms with Gasteiger partial charge in [0.2, 0.25) is 11.8 Å². The number of aryl methyl sites for hydroxylation is 1. The molecule has 7 nitrogen and oxygen atoms in total. The number of benzene rings is 1. The molecule has 1 saturated carbocycles. The fourth-order valence-electron chi connectivity index (χ4n) is 3.78. The van der Waals surface area contributed by atoms with Gasteiger partial charge in [-0.25, -0.2) is 0 Å². The molecule has 2 fully saturated rings. The number of amides is 2. The van der Waals surface area contributed by atoms with E-state index in [2.05, 4.69) is 21.0 Å². The third-order valence-electron chi connectivity index (χ3n) is 5.69. The van der Waals surface area contributed by atoms with Crippen LogP contribution in [0.1, 0.15) is 42.9 Å². The lowest BCUT2D eigenvalue weighted by Gasteiger charge is -2.21. The molecule has 8 heteroatoms. The molecule has 0 radical (unpaired) electrons. The van der Waals surface area contributed by atoms with Crippen molar-refractivity contribution in [3.63, 3.8) is 0 Å². The second kappa shape index (κ2) is 8.97. The number of hydrogen-bond acceptors (Lipinski definition) is 4. The molecule has 2 heterocycles. The minimum Gasteiger partial charge on any atom is -0.349 e. The monoisotopic (exact) mass is 417 g/mol. The van der Waals surface area contributed by atoms with Crippen LogP contribution in [0.4, 0.5) is 5.69 Å². The maximum atomic E-state index is 12.9. The molecule has 1 saturated heterocycles. The van der Waals surface area contributed by atoms with E-state index in [0.29, 0.717) is 6.54 Å². The van der Waals surface area contributed by atoms with Crippen molar-refractivity contribution in [1.82, 2.24) is 20.4 Å². The summed E-state index contributed by atoms with van der Waals surface area (Å²) in [6.07, 6.45) is 5.80. The van der Waals surface area contributed by atoms with Gasteiger partial charge in [-0.3, -0.25) is 14.3 Å². The molecule has 0 spiro atoms. The smallest absolute Gasteiger partial charge is 0.227 e. The first kappa shape index (κ1) is 21.3. The van der Waals surface area contributed by atoms with E-state index in [1.54, 1.807) is 4.68 Å². The van der Waals surface area contributed by atoms with Crippen molar-refractivity contribution in [3.05, 3.63) is 47.8 Å². The highest BCUT2D eigenvalue weighted by Crippen LogP contribution is 2.31. The van der Waals surface area contributed by atoms with Gasteiger partial charge in [0.25, 0.3) is 0 Å². The van der Waals surface area contributed by atoms with Crippen LogP contribution in [0.25, 0.3) is 0 Å². The van der Waals surface area contributed by atoms with Gasteiger partial charge in [0.05, 0.1) is 18.2 Å². The quantitative estimate of drug-likeness (QED) is 0.673. The molecule has 29 heavy (non-hydrogen) atoms. The van der Waals surface area contributed by atoms with E-state index in [4.69, 9.17) is 0 Å². The van der Waals surface area contributed by atoms with Crippen molar-refractivity contribution in [2.45, 2.75) is 31.7 Å². The van der Waals surface area contributed by atoms with Crippen LogP contribution in [0, 0.1) is 11.8 Å². The lowest BCUT2D eigenvalue weighted by molar-refractivity contribution is -0.125. The van der Waals surface area contributed by atoms with E-state index in [9.17, 15) is 9.59 Å². The first-order chi connectivity index (χ1) is 13.5. The predicted molar refractivity (Wildman–Crippen MR) is 114 cm³/mol. The highest BCUT2D eigenvalue weighted by Gasteiger charge is 2.35. The van der Waals surface area contributed by atoms with Gasteiger partial charge < -0.3 is 16.0 Å². The topological polar surface area (TPSA) is 88.1 Å². The summed E-state index contributed by atoms with van der Waals surface area (Å²) in [5.74, 6) is 0.372. The Bertz CT molecular complexity index is 862. The van der Waals surface area contributed by atoms with Gasteiger partial charge in [-0.15, -0.1) is 12.4 Å². The summed E-state index contributed by atoms with van der Waals surface area (Å²) in [5.41, 5.74) is 2.91. The Morgan fingerprint density at radius 1 is 1.17 bits per heavy atom. The Kier molecular flexibility index (Phi) is 6.59. The number of carbonyl (C=O) groups excluding carboxylic acids is 2. The van der Waals surface area contributed by atoms with Gasteiger partial charge in [-0.05, 0) is 43.0 Å². The standard InChI is InChI=1S/C21H27N5O2.ClH/c1-13(14-5-7-17(8-6-14)25-20(27)15-3-4-15)24-21(28)19-11-22-10-18(19)16-9-23-26(2)12-16;/h5-9,12-13,15,18-19,22H,3-4,10-11H2,1-2H3,(H,24,28)(H,25,27);1H/t13?,18-,19+;/m1./s1. The predicted octanol–water partition coefficient (Wildman–Crippen LogP) is 2.37. The summed E-state index contributed by atoms with van der Waals surface area (Å²) >= 11 is 0. The van der Waals surface area contributed by atoms with Gasteiger partial charge in [0.15, 0.2) is 0 Å². The number of aromatic nitrogens is 2. The average molecular weight is 418 g/mol. The molecule has 2 amide bonds. The van der Waals surface area contributed by atoms with Crippen molar-refractivity contribution < 1.29 is 9.59 Å². The molecule has 1 aromatic carbocycles. The first-order valence-electron chi connectivity index (χ1n) is 9.91. The molecule has 1 aromatic heterocycles. The molecule has 0 bridgehead atoms. The molecule has 3 N–H and O–H groups in total. The summed E-state index contributed by atoms with van der Waals surface area (Å²) in [6, 6.07) is 7.61. The molecule has 4 rings (SSSR count). The van der Waals surface area contributed by atoms with Crippen LogP contribution < -0.4 is 16.0 Å². The van der Waals surface area contributed by atoms with Crippen molar-refractivity contribution in [1.29, 1.82) is 0 Å². The number of hydrogen-bond donors (Lipinski definition) is 3. The van der Waals surface area contributed by atoms with Gasteiger partial charge in [-0.2, -0.15) is 5.10 Å². The minimum absolute atomic E-state index is 0. The largest absolute Gasteiger partial charge is 0.349 e. The Hall–Kier alpha value is -2.38. The zero-order chi connectivity index (χ0) is 19.7. The zero-order valence-electron chi connectivity index (χ0n) is 16.7. The van der Waals surface area contributed by atoms with E-state index >= 15 is 0 Å². The maximum Gasteiger partial charge on any atom is 0.227 e. The second-order valence-corrected chi connectivity index (χ2v) is 7.93. The molecule has 3 atom stereocenters. The zero-order valence-corrected chi connectivity index (χ0v) is 17.5. The van der Waals surface area contributed by atoms with Gasteiger partial charge in [0.1, 0.15) is 0 Å². The molecule has 1 aliphatic heterocycles. The van der Waals surface area contributed by atoms with E-state index in [-0.39, 0.29) is 48.0 Å². The van der Waals surface area contributed by atoms with E-state index < -0.39 is 0 Å². The Labute approximate surface area is 177 Å². The van der Waals surface area contributed by atoms with E-state index in [0.717, 1.165) is 36.2 Å². The molecule has 156 valence electrons. The van der Waals surface area contributed by atoms with Crippen LogP contribution in [-0.2, 0) is 16.6 Å². The van der Waals surface area contributed by atoms with Crippen molar-refractivity contribution in [2.75, 3.05) is 18.4 Å². The van der Waals surface area contributed by atoms with Crippen LogP contribution in [0.5, 0.6) is 0 Å². The Morgan fingerprint density at radius 2 is 1.90 bits per heavy atom. The number of nitrogens with one attached hydrogen (secondary N) is 3. The lowest BCUT2D eigenvalue weighted by atomic mass is 9.90. The van der Waals surface area contributed by atoms with Gasteiger partial charge in [0, 0.05) is 43.9 Å². The third kappa shape index (κ3) is 4.97. The molecule has 2 aromatic rings. The third-order valence-corrected chi connectivity index (χ3v) is 5.69. The summed E-state index contributed by atoms with van der Waals surface area (Å²) in [5, 5.41) is 13.6. The summed E-state index contributed by atoms with van der Waals surface area (Å²) in [7, 11) is 1.89. The summed E-state index contributed by atoms with van der Waals surface area (Å²) in [4.78, 5) is 24.7. The summed E-state index contributed by atoms with van der Waals surface area (Å²) < 4.78 is 1.77. The number of anilines is 1. The minimum atomic E-state index is -0.108. The Balaban J connectivity index is 0.00000240. The van der Waals surface area contributed by atoms with Crippen molar-refractivity contribution in [3.8, 4) is 0 Å². The van der Waals surface area contributed by atoms with Crippen molar-refractivity contribution >= 4 is 29.9 Å². The fraction of sp³-hybridized carbons (Fsp3) is 0.476. The SMILES string of the molecule is CC(NC(=O)[C@H]1CNC[C@@H]1c1cnn(C)c1)c1ccc(NC(=O)C2CC2)cc1.Cl. The molecule has 2 aliphatic rings. The highest BCUT2D eigenvalue weighted by atomic mass is 35.5. The van der Waals surface area contributed by atoms with Crippen LogP contribution >= 0.6 is 12.4 Å². The summed E-state index contributed by atoms with van der Waals surface area (Å²) in [6.45, 7) is 3.44. The molecular weight excluding hydrogens is 390 g/mol. The number of halogens is 1. The Morgan fingerprint density at radius 3 is 2.52 bits per heavy atom. The van der Waals surface area contributed by atoms with Crippen LogP contribution in [0.2, 0.25) is 0 Å². The van der Waals surface area contributed by atoms with Gasteiger partial charge >= 0.3 is 0 Å². The molecule has 1 unspecified atom stereocenters. The maximum absolute atomic E-state index is 12.9. The normalized spacial score (nSPS) is 21.9. The van der Waals surface area contributed by atoms with Crippen molar-refractivity contribution in [2.24, 2.45) is 18.9 Å². The fourth-order valence-corrected chi connectivity index (χ4v) is 3.78. The highest BCUT2D eigenvalue weighted by molar-refractivity contribution is 5.94. The van der Waals surface area contributed by atoms with Crippen LogP contribution in [-0.4, -0.2) is 34.7 Å². The van der Waals surface area contributed by atoms with Crippen LogP contribution in [0.3, 0.4) is 0 Å². The number of rotatable bonds is 6. The van der Waals surface area contributed by atoms with Crippen LogP contribution in [0.15, 0.2) is 36.7 Å². The molecule has 1 aliphatic carbocycles. The molecular formula is C21H28ClN5O2. The van der Waals surface area contributed by atoms with E-state index in [1.165, 1.54) is 0 Å². The average Bonchev–Trinajstić information content (AvgIpc) is 3.26. The first-order valence-corrected chi connectivity index (χ1v) is 9.91. The lowest BCUT2D eigenvalue weighted by Crippen LogP contribution is -2.36.